The molecule has 0 spiro atoms. The number of carbonyl (C=O) groups is 2. The van der Waals surface area contributed by atoms with Gasteiger partial charge in [-0.15, -0.1) is 6.58 Å². The van der Waals surface area contributed by atoms with E-state index in [2.05, 4.69) is 12.0 Å². The second-order valence-corrected chi connectivity index (χ2v) is 13.1. The highest BCUT2D eigenvalue weighted by Crippen LogP contribution is 2.69. The first-order chi connectivity index (χ1) is 16.1. The molecular formula is C25H40N2O7S. The monoisotopic (exact) mass is 512 g/mol. The molecule has 2 aliphatic carbocycles. The second kappa shape index (κ2) is 8.43. The number of aliphatic hydroxyl groups is 3. The lowest BCUT2D eigenvalue weighted by atomic mass is 9.39. The summed E-state index contributed by atoms with van der Waals surface area (Å²) in [5.41, 5.74) is -4.63. The van der Waals surface area contributed by atoms with E-state index >= 15 is 0 Å². The first kappa shape index (κ1) is 26.9. The summed E-state index contributed by atoms with van der Waals surface area (Å²) in [5, 5.41) is 37.6. The van der Waals surface area contributed by atoms with Gasteiger partial charge >= 0.3 is 6.09 Å². The molecule has 0 bridgehead atoms. The number of nitrogens with zero attached hydrogens (tertiary/aromatic N) is 1. The van der Waals surface area contributed by atoms with Crippen molar-refractivity contribution in [1.82, 2.24) is 10.4 Å². The number of carbonyl (C=O) groups excluding carboxylic acids is 2. The molecule has 2 heterocycles. The number of aliphatic hydroxyl groups excluding tert-OH is 1. The van der Waals surface area contributed by atoms with Gasteiger partial charge in [-0.3, -0.25) is 10.2 Å². The third kappa shape index (κ3) is 3.70. The van der Waals surface area contributed by atoms with Crippen molar-refractivity contribution in [3.05, 3.63) is 12.7 Å². The maximum Gasteiger partial charge on any atom is 0.424 e. The van der Waals surface area contributed by atoms with Crippen LogP contribution < -0.4 is 5.43 Å². The summed E-state index contributed by atoms with van der Waals surface area (Å²) in [6.45, 7) is 13.8. The van der Waals surface area contributed by atoms with E-state index in [-0.39, 0.29) is 19.3 Å². The van der Waals surface area contributed by atoms with E-state index in [0.717, 1.165) is 11.5 Å². The molecule has 198 valence electrons. The van der Waals surface area contributed by atoms with Gasteiger partial charge in [0.05, 0.1) is 17.1 Å². The maximum atomic E-state index is 13.9. The summed E-state index contributed by atoms with van der Waals surface area (Å²) >= 11 is 1.79. The van der Waals surface area contributed by atoms with Crippen molar-refractivity contribution in [2.45, 2.75) is 89.0 Å². The largest absolute Gasteiger partial charge is 0.424 e. The second-order valence-electron chi connectivity index (χ2n) is 11.9. The van der Waals surface area contributed by atoms with Gasteiger partial charge in [-0.25, -0.2) is 9.80 Å². The molecule has 0 radical (unpaired) electrons. The molecule has 10 heteroatoms. The Kier molecular flexibility index (Phi) is 6.47. The highest BCUT2D eigenvalue weighted by molar-refractivity contribution is 7.99. The predicted octanol–water partition coefficient (Wildman–Crippen LogP) is 2.00. The van der Waals surface area contributed by atoms with E-state index in [4.69, 9.17) is 9.47 Å². The Morgan fingerprint density at radius 1 is 1.20 bits per heavy atom. The summed E-state index contributed by atoms with van der Waals surface area (Å²) in [6, 6.07) is 0. The molecule has 35 heavy (non-hydrogen) atoms. The minimum atomic E-state index is -2.33. The smallest absolute Gasteiger partial charge is 0.415 e. The molecule has 4 fully saturated rings. The van der Waals surface area contributed by atoms with Crippen LogP contribution in [-0.4, -0.2) is 85.5 Å². The van der Waals surface area contributed by atoms with Crippen LogP contribution in [0.1, 0.15) is 60.3 Å². The Hall–Kier alpha value is -1.17. The summed E-state index contributed by atoms with van der Waals surface area (Å²) < 4.78 is 12.0. The highest BCUT2D eigenvalue weighted by atomic mass is 32.2. The van der Waals surface area contributed by atoms with Crippen LogP contribution in [0, 0.1) is 16.7 Å². The van der Waals surface area contributed by atoms with Crippen LogP contribution in [0.15, 0.2) is 12.7 Å². The number of amides is 1. The van der Waals surface area contributed by atoms with Crippen molar-refractivity contribution >= 4 is 23.6 Å². The zero-order valence-electron chi connectivity index (χ0n) is 21.4. The van der Waals surface area contributed by atoms with E-state index in [1.54, 1.807) is 30.6 Å². The number of nitrogens with one attached hydrogen (secondary N) is 1. The summed E-state index contributed by atoms with van der Waals surface area (Å²) in [7, 11) is 0. The van der Waals surface area contributed by atoms with Crippen molar-refractivity contribution in [3.63, 3.8) is 0 Å². The van der Waals surface area contributed by atoms with Gasteiger partial charge in [-0.1, -0.05) is 19.9 Å². The minimum Gasteiger partial charge on any atom is -0.415 e. The third-order valence-corrected chi connectivity index (χ3v) is 10.4. The maximum absolute atomic E-state index is 13.9. The Labute approximate surface area is 211 Å². The van der Waals surface area contributed by atoms with Crippen molar-refractivity contribution in [1.29, 1.82) is 0 Å². The number of hydrogen-bond acceptors (Lipinski definition) is 9. The van der Waals surface area contributed by atoms with Gasteiger partial charge in [0.25, 0.3) is 0 Å². The Morgan fingerprint density at radius 2 is 1.83 bits per heavy atom. The van der Waals surface area contributed by atoms with E-state index in [1.807, 2.05) is 13.8 Å². The SMILES string of the molecule is C=C[C@@]1(C)CC(=O)[C@]2(O)[C@]3(C)[C@@H](C[C@H](O)[C@@]2(C)O1)C(C)(C)CC[C@@]3(O)OC(=O)NN1CCSCC1. The third-order valence-electron chi connectivity index (χ3n) is 9.44. The van der Waals surface area contributed by atoms with Crippen LogP contribution in [-0.2, 0) is 14.3 Å². The summed E-state index contributed by atoms with van der Waals surface area (Å²) in [6.07, 6.45) is -0.0847. The minimum absolute atomic E-state index is 0.0246. The van der Waals surface area contributed by atoms with E-state index in [0.29, 0.717) is 19.5 Å². The Bertz CT molecular complexity index is 910. The van der Waals surface area contributed by atoms with Gasteiger partial charge in [0.1, 0.15) is 5.60 Å². The van der Waals surface area contributed by atoms with Gasteiger partial charge in [-0.2, -0.15) is 11.8 Å². The molecular weight excluding hydrogens is 472 g/mol. The van der Waals surface area contributed by atoms with Gasteiger partial charge in [0, 0.05) is 37.4 Å². The number of ketones is 1. The molecule has 4 N–H and O–H groups in total. The van der Waals surface area contributed by atoms with Crippen LogP contribution >= 0.6 is 11.8 Å². The lowest BCUT2D eigenvalue weighted by molar-refractivity contribution is -0.400. The lowest BCUT2D eigenvalue weighted by Crippen LogP contribution is -2.86. The quantitative estimate of drug-likeness (QED) is 0.331. The van der Waals surface area contributed by atoms with Crippen LogP contribution in [0.2, 0.25) is 0 Å². The first-order valence-electron chi connectivity index (χ1n) is 12.4. The molecule has 0 aromatic rings. The highest BCUT2D eigenvalue weighted by Gasteiger charge is 2.82. The van der Waals surface area contributed by atoms with Crippen LogP contribution in [0.4, 0.5) is 4.79 Å². The molecule has 0 aromatic carbocycles. The van der Waals surface area contributed by atoms with Crippen LogP contribution in [0.25, 0.3) is 0 Å². The summed E-state index contributed by atoms with van der Waals surface area (Å²) in [5.74, 6) is -1.58. The van der Waals surface area contributed by atoms with Crippen LogP contribution in [0.5, 0.6) is 0 Å². The fourth-order valence-corrected chi connectivity index (χ4v) is 8.10. The number of thioether (sulfide) groups is 1. The molecule has 7 atom stereocenters. The number of Topliss-reactive ketones (excluding diaryl/α,β-unsaturated/α-hetero) is 1. The van der Waals surface area contributed by atoms with Crippen molar-refractivity contribution in [2.75, 3.05) is 24.6 Å². The number of fused-ring (bicyclic) bond motifs is 3. The fourth-order valence-electron chi connectivity index (χ4n) is 7.20. The Balaban J connectivity index is 1.79. The van der Waals surface area contributed by atoms with E-state index in [9.17, 15) is 24.9 Å². The number of hydrazine groups is 1. The van der Waals surface area contributed by atoms with Gasteiger partial charge in [0.15, 0.2) is 11.4 Å². The predicted molar refractivity (Wildman–Crippen MR) is 131 cm³/mol. The van der Waals surface area contributed by atoms with Gasteiger partial charge < -0.3 is 24.8 Å². The lowest BCUT2D eigenvalue weighted by Gasteiger charge is -2.71. The molecule has 2 saturated heterocycles. The molecule has 0 unspecified atom stereocenters. The standard InChI is InChI=1S/C25H40N2O7S/c1-7-21(4)15-18(29)25(32)22(5)16(14-17(28)23(25,6)34-21)20(2,3)8-9-24(22,31)33-19(30)26-27-10-12-35-13-11-27/h7,16-17,28,31-32H,1,8-15H2,2-6H3,(H,26,30)/t16-,17-,21-,22+,23+,24+,25-/m0/s1. The topological polar surface area (TPSA) is 129 Å². The number of hydrogen-bond donors (Lipinski definition) is 4. The van der Waals surface area contributed by atoms with E-state index < -0.39 is 57.3 Å². The normalized spacial score (nSPS) is 47.8. The number of rotatable bonds is 3. The zero-order chi connectivity index (χ0) is 26.1. The average molecular weight is 513 g/mol. The average Bonchev–Trinajstić information content (AvgIpc) is 2.77. The number of ether oxygens (including phenoxy) is 2. The van der Waals surface area contributed by atoms with Crippen molar-refractivity contribution < 1.29 is 34.4 Å². The molecule has 2 aliphatic heterocycles. The molecule has 1 amide bonds. The van der Waals surface area contributed by atoms with Gasteiger partial charge in [-0.05, 0) is 44.9 Å². The van der Waals surface area contributed by atoms with Gasteiger partial charge in [0.2, 0.25) is 5.79 Å². The van der Waals surface area contributed by atoms with Crippen molar-refractivity contribution in [2.24, 2.45) is 16.7 Å². The van der Waals surface area contributed by atoms with Crippen molar-refractivity contribution in [3.8, 4) is 0 Å². The molecule has 9 nitrogen and oxygen atoms in total. The molecule has 4 aliphatic rings. The molecule has 0 aromatic heterocycles. The summed E-state index contributed by atoms with van der Waals surface area (Å²) in [4.78, 5) is 26.9. The first-order valence-corrected chi connectivity index (χ1v) is 13.6. The molecule has 4 rings (SSSR count). The fraction of sp³-hybridized carbons (Fsp3) is 0.840. The zero-order valence-corrected chi connectivity index (χ0v) is 22.2. The van der Waals surface area contributed by atoms with Crippen LogP contribution in [0.3, 0.4) is 0 Å². The molecule has 2 saturated carbocycles. The van der Waals surface area contributed by atoms with E-state index in [1.165, 1.54) is 13.0 Å². The Morgan fingerprint density at radius 3 is 2.43 bits per heavy atom.